The van der Waals surface area contributed by atoms with Crippen LogP contribution in [0.1, 0.15) is 64.5 Å². The molecule has 1 atom stereocenters. The molecule has 1 aromatic carbocycles. The topological polar surface area (TPSA) is 93.9 Å². The lowest BCUT2D eigenvalue weighted by Gasteiger charge is -2.53. The van der Waals surface area contributed by atoms with Crippen molar-refractivity contribution in [3.05, 3.63) is 34.2 Å². The number of benzene rings is 1. The molecule has 1 spiro atoms. The Morgan fingerprint density at radius 2 is 1.84 bits per heavy atom. The Kier molecular flexibility index (Phi) is 6.72. The summed E-state index contributed by atoms with van der Waals surface area (Å²) in [6.07, 6.45) is 2.39. The van der Waals surface area contributed by atoms with Crippen molar-refractivity contribution in [2.24, 2.45) is 12.5 Å². The van der Waals surface area contributed by atoms with E-state index in [1.165, 1.54) is 0 Å². The molecule has 1 unspecified atom stereocenters. The van der Waals surface area contributed by atoms with Crippen molar-refractivity contribution in [1.82, 2.24) is 18.9 Å². The minimum Gasteiger partial charge on any atom is -0.444 e. The number of carbonyl (C=O) groups is 3. The molecule has 2 saturated heterocycles. The maximum absolute atomic E-state index is 13.1. The number of aryl methyl sites for hydroxylation is 1. The highest BCUT2D eigenvalue weighted by atomic mass is 16.6. The molecule has 3 heterocycles. The smallest absolute Gasteiger partial charge is 0.410 e. The van der Waals surface area contributed by atoms with Crippen molar-refractivity contribution in [3.63, 3.8) is 0 Å². The van der Waals surface area contributed by atoms with Gasteiger partial charge >= 0.3 is 11.8 Å². The van der Waals surface area contributed by atoms with Gasteiger partial charge in [0.05, 0.1) is 35.6 Å². The van der Waals surface area contributed by atoms with Crippen LogP contribution in [0.15, 0.2) is 23.0 Å². The van der Waals surface area contributed by atoms with Gasteiger partial charge in [0.15, 0.2) is 5.78 Å². The number of likely N-dealkylation sites (tertiary alicyclic amines) is 2. The highest BCUT2D eigenvalue weighted by Crippen LogP contribution is 2.41. The van der Waals surface area contributed by atoms with Gasteiger partial charge in [-0.3, -0.25) is 23.6 Å². The number of Topliss-reactive ketones (excluding diaryl/α,β-unsaturated/α-hetero) is 2. The van der Waals surface area contributed by atoms with Gasteiger partial charge in [-0.25, -0.2) is 9.59 Å². The molecule has 9 heteroatoms. The number of imidazole rings is 1. The fourth-order valence-corrected chi connectivity index (χ4v) is 5.94. The van der Waals surface area contributed by atoms with Crippen LogP contribution in [0.25, 0.3) is 11.0 Å². The summed E-state index contributed by atoms with van der Waals surface area (Å²) in [4.78, 5) is 53.8. The summed E-state index contributed by atoms with van der Waals surface area (Å²) in [5.74, 6) is 6.28. The van der Waals surface area contributed by atoms with Gasteiger partial charge in [-0.1, -0.05) is 17.9 Å². The predicted octanol–water partition coefficient (Wildman–Crippen LogP) is 2.89. The first kappa shape index (κ1) is 26.2. The Labute approximate surface area is 222 Å². The molecule has 3 aliphatic rings. The van der Waals surface area contributed by atoms with E-state index in [0.29, 0.717) is 30.4 Å². The Morgan fingerprint density at radius 1 is 1.13 bits per heavy atom. The SMILES string of the molecule is Cn1c(=O)n(C2CCC(=O)CC2=O)c2cccc(C#CCN3CCC4(CC3)CN(C(=O)OC(C)(C)C)C4)c21. The number of ketones is 2. The zero-order valence-corrected chi connectivity index (χ0v) is 22.7. The first-order chi connectivity index (χ1) is 18.0. The third-order valence-electron chi connectivity index (χ3n) is 8.00. The van der Waals surface area contributed by atoms with E-state index in [1.54, 1.807) is 21.1 Å². The number of para-hydroxylation sites is 1. The van der Waals surface area contributed by atoms with Crippen molar-refractivity contribution in [2.75, 3.05) is 32.7 Å². The van der Waals surface area contributed by atoms with E-state index in [4.69, 9.17) is 4.74 Å². The van der Waals surface area contributed by atoms with E-state index in [-0.39, 0.29) is 35.2 Å². The van der Waals surface area contributed by atoms with E-state index in [1.807, 2.05) is 39.0 Å². The molecule has 9 nitrogen and oxygen atoms in total. The number of aromatic nitrogens is 2. The second kappa shape index (κ2) is 9.73. The predicted molar refractivity (Wildman–Crippen MR) is 143 cm³/mol. The molecule has 0 bridgehead atoms. The second-order valence-electron chi connectivity index (χ2n) is 12.0. The van der Waals surface area contributed by atoms with E-state index >= 15 is 0 Å². The lowest BCUT2D eigenvalue weighted by molar-refractivity contribution is -0.132. The molecule has 2 aliphatic heterocycles. The van der Waals surface area contributed by atoms with E-state index in [9.17, 15) is 19.2 Å². The average molecular weight is 521 g/mol. The molecule has 0 radical (unpaired) electrons. The number of piperidine rings is 1. The maximum atomic E-state index is 13.1. The molecule has 1 amide bonds. The Bertz CT molecular complexity index is 1400. The maximum Gasteiger partial charge on any atom is 0.410 e. The van der Waals surface area contributed by atoms with Crippen LogP contribution in [0.2, 0.25) is 0 Å². The van der Waals surface area contributed by atoms with E-state index in [0.717, 1.165) is 44.6 Å². The molecule has 2 aromatic rings. The van der Waals surface area contributed by atoms with Crippen LogP contribution >= 0.6 is 0 Å². The normalized spacial score (nSPS) is 21.8. The quantitative estimate of drug-likeness (QED) is 0.447. The summed E-state index contributed by atoms with van der Waals surface area (Å²) in [5.41, 5.74) is 1.59. The molecular formula is C29H36N4O5. The first-order valence-electron chi connectivity index (χ1n) is 13.4. The van der Waals surface area contributed by atoms with Crippen LogP contribution in [0, 0.1) is 17.3 Å². The number of rotatable bonds is 2. The van der Waals surface area contributed by atoms with Gasteiger partial charge in [0.1, 0.15) is 11.4 Å². The Balaban J connectivity index is 1.23. The zero-order valence-electron chi connectivity index (χ0n) is 22.7. The van der Waals surface area contributed by atoms with Crippen LogP contribution in [0.5, 0.6) is 0 Å². The molecule has 3 fully saturated rings. The number of hydrogen-bond acceptors (Lipinski definition) is 6. The minimum absolute atomic E-state index is 0.0626. The van der Waals surface area contributed by atoms with Gasteiger partial charge in [0.2, 0.25) is 0 Å². The molecular weight excluding hydrogens is 484 g/mol. The number of nitrogens with zero attached hydrogens (tertiary/aromatic N) is 4. The third kappa shape index (κ3) is 5.02. The summed E-state index contributed by atoms with van der Waals surface area (Å²) < 4.78 is 8.59. The Morgan fingerprint density at radius 3 is 2.50 bits per heavy atom. The number of hydrogen-bond donors (Lipinski definition) is 0. The van der Waals surface area contributed by atoms with E-state index < -0.39 is 11.6 Å². The molecule has 1 aliphatic carbocycles. The number of fused-ring (bicyclic) bond motifs is 1. The van der Waals surface area contributed by atoms with E-state index in [2.05, 4.69) is 16.7 Å². The van der Waals surface area contributed by atoms with Crippen LogP contribution in [-0.4, -0.2) is 74.9 Å². The van der Waals surface area contributed by atoms with Crippen LogP contribution in [0.3, 0.4) is 0 Å². The molecule has 0 N–H and O–H groups in total. The van der Waals surface area contributed by atoms with Gasteiger partial charge in [-0.2, -0.15) is 0 Å². The van der Waals surface area contributed by atoms with Crippen molar-refractivity contribution >= 4 is 28.7 Å². The van der Waals surface area contributed by atoms with Crippen molar-refractivity contribution in [2.45, 2.75) is 64.5 Å². The molecule has 1 saturated carbocycles. The summed E-state index contributed by atoms with van der Waals surface area (Å²) in [6.45, 7) is 9.65. The van der Waals surface area contributed by atoms with Crippen molar-refractivity contribution in [1.29, 1.82) is 0 Å². The van der Waals surface area contributed by atoms with Crippen LogP contribution in [0.4, 0.5) is 4.79 Å². The summed E-state index contributed by atoms with van der Waals surface area (Å²) in [7, 11) is 1.70. The summed E-state index contributed by atoms with van der Waals surface area (Å²) >= 11 is 0. The number of carbonyl (C=O) groups excluding carboxylic acids is 3. The summed E-state index contributed by atoms with van der Waals surface area (Å²) in [5, 5.41) is 0. The summed E-state index contributed by atoms with van der Waals surface area (Å²) in [6, 6.07) is 4.99. The molecule has 202 valence electrons. The molecule has 1 aromatic heterocycles. The van der Waals surface area contributed by atoms with Gasteiger partial charge in [-0.15, -0.1) is 0 Å². The van der Waals surface area contributed by atoms with Crippen molar-refractivity contribution < 1.29 is 19.1 Å². The highest BCUT2D eigenvalue weighted by molar-refractivity contribution is 6.03. The number of ether oxygens (including phenoxy) is 1. The largest absolute Gasteiger partial charge is 0.444 e. The zero-order chi connectivity index (χ0) is 27.2. The fourth-order valence-electron chi connectivity index (χ4n) is 5.94. The van der Waals surface area contributed by atoms with Gasteiger partial charge in [0.25, 0.3) is 0 Å². The third-order valence-corrected chi connectivity index (χ3v) is 8.00. The van der Waals surface area contributed by atoms with Crippen LogP contribution < -0.4 is 5.69 Å². The molecule has 5 rings (SSSR count). The van der Waals surface area contributed by atoms with Gasteiger partial charge < -0.3 is 9.64 Å². The first-order valence-corrected chi connectivity index (χ1v) is 13.4. The number of amides is 1. The van der Waals surface area contributed by atoms with Gasteiger partial charge in [0, 0.05) is 32.0 Å². The Hall–Kier alpha value is -3.38. The highest BCUT2D eigenvalue weighted by Gasteiger charge is 2.47. The lowest BCUT2D eigenvalue weighted by atomic mass is 9.72. The van der Waals surface area contributed by atoms with Crippen molar-refractivity contribution in [3.8, 4) is 11.8 Å². The fraction of sp³-hybridized carbons (Fsp3) is 0.586. The second-order valence-corrected chi connectivity index (χ2v) is 12.0. The average Bonchev–Trinajstić information content (AvgIpc) is 3.08. The molecule has 38 heavy (non-hydrogen) atoms. The van der Waals surface area contributed by atoms with Gasteiger partial charge in [-0.05, 0) is 65.3 Å². The lowest BCUT2D eigenvalue weighted by Crippen LogP contribution is -2.62. The van der Waals surface area contributed by atoms with Crippen LogP contribution in [-0.2, 0) is 21.4 Å². The minimum atomic E-state index is -0.606. The monoisotopic (exact) mass is 520 g/mol. The standard InChI is InChI=1S/C29H36N4O5/c1-28(2,3)38-27(37)32-18-29(19-32)12-15-31(16-13-29)14-6-8-20-7-5-9-23-25(20)30(4)26(36)33(23)22-11-10-21(34)17-24(22)35/h5,7,9,22H,10-19H2,1-4H3.